The third-order valence-electron chi connectivity index (χ3n) is 5.69. The number of rotatable bonds is 6. The Bertz CT molecular complexity index is 1310. The second-order valence-electron chi connectivity index (χ2n) is 8.27. The molecule has 4 rings (SSSR count). The fraction of sp³-hybridized carbons (Fsp3) is 0.154. The van der Waals surface area contributed by atoms with E-state index in [4.69, 9.17) is 16.7 Å². The molecule has 3 aromatic rings. The van der Waals surface area contributed by atoms with Crippen LogP contribution in [0.3, 0.4) is 0 Å². The van der Waals surface area contributed by atoms with Gasteiger partial charge in [0, 0.05) is 22.7 Å². The lowest BCUT2D eigenvalue weighted by Gasteiger charge is -2.36. The number of urea groups is 1. The molecule has 9 nitrogen and oxygen atoms in total. The molecule has 0 bridgehead atoms. The van der Waals surface area contributed by atoms with Crippen LogP contribution in [0, 0.1) is 0 Å². The summed E-state index contributed by atoms with van der Waals surface area (Å²) < 4.78 is 0. The number of halogens is 1. The molecule has 10 heteroatoms. The minimum Gasteiger partial charge on any atom is -0.480 e. The van der Waals surface area contributed by atoms with E-state index < -0.39 is 35.9 Å². The van der Waals surface area contributed by atoms with E-state index in [1.54, 1.807) is 30.3 Å². The number of aliphatic carboxylic acids is 1. The van der Waals surface area contributed by atoms with E-state index in [-0.39, 0.29) is 17.7 Å². The van der Waals surface area contributed by atoms with Crippen molar-refractivity contribution in [2.45, 2.75) is 25.4 Å². The highest BCUT2D eigenvalue weighted by Crippen LogP contribution is 2.35. The molecule has 4 N–H and O–H groups in total. The van der Waals surface area contributed by atoms with E-state index in [0.29, 0.717) is 16.4 Å². The van der Waals surface area contributed by atoms with Crippen LogP contribution >= 0.6 is 11.6 Å². The van der Waals surface area contributed by atoms with Crippen molar-refractivity contribution in [2.75, 3.05) is 15.5 Å². The largest absolute Gasteiger partial charge is 0.480 e. The third-order valence-corrected chi connectivity index (χ3v) is 5.95. The van der Waals surface area contributed by atoms with Gasteiger partial charge in [-0.05, 0) is 55.0 Å². The van der Waals surface area contributed by atoms with Gasteiger partial charge < -0.3 is 21.1 Å². The maximum atomic E-state index is 13.5. The number of carboxylic acids is 1. The molecule has 0 saturated heterocycles. The predicted molar refractivity (Wildman–Crippen MR) is 137 cm³/mol. The number of anilines is 3. The smallest absolute Gasteiger partial charge is 0.327 e. The lowest BCUT2D eigenvalue weighted by Crippen LogP contribution is -2.53. The second-order valence-corrected chi connectivity index (χ2v) is 8.70. The Morgan fingerprint density at radius 1 is 1.06 bits per heavy atom. The molecule has 4 amide bonds. The number of hydrogen-bond donors (Lipinski definition) is 4. The van der Waals surface area contributed by atoms with Crippen molar-refractivity contribution in [2.24, 2.45) is 0 Å². The standard InChI is InChI=1S/C26H23ClN4O5/c1-15(25(34)35)28-23(32)17-7-12-21-20(14-17)30-24(33)22(13-16-5-3-2-4-6-16)31(21)26(36)29-19-10-8-18(27)9-11-19/h2-12,14-15,22H,13H2,1H3,(H,28,32)(H,29,36)(H,30,33)(H,34,35). The number of amides is 4. The molecule has 0 aromatic heterocycles. The van der Waals surface area contributed by atoms with Gasteiger partial charge in [0.1, 0.15) is 12.1 Å². The van der Waals surface area contributed by atoms with Crippen molar-refractivity contribution in [1.82, 2.24) is 5.32 Å². The Balaban J connectivity index is 1.68. The molecule has 2 unspecified atom stereocenters. The summed E-state index contributed by atoms with van der Waals surface area (Å²) in [5.74, 6) is -2.22. The Morgan fingerprint density at radius 2 is 1.75 bits per heavy atom. The van der Waals surface area contributed by atoms with Crippen LogP contribution in [0.2, 0.25) is 5.02 Å². The van der Waals surface area contributed by atoms with Crippen LogP contribution in [-0.4, -0.2) is 41.0 Å². The number of carbonyl (C=O) groups excluding carboxylic acids is 3. The highest BCUT2D eigenvalue weighted by atomic mass is 35.5. The van der Waals surface area contributed by atoms with Gasteiger partial charge in [0.25, 0.3) is 5.91 Å². The lowest BCUT2D eigenvalue weighted by atomic mass is 9.99. The van der Waals surface area contributed by atoms with E-state index in [9.17, 15) is 19.2 Å². The van der Waals surface area contributed by atoms with E-state index in [2.05, 4.69) is 16.0 Å². The minimum atomic E-state index is -1.18. The number of fused-ring (bicyclic) bond motifs is 1. The molecule has 0 saturated carbocycles. The fourth-order valence-electron chi connectivity index (χ4n) is 3.82. The highest BCUT2D eigenvalue weighted by molar-refractivity contribution is 6.30. The van der Waals surface area contributed by atoms with Crippen molar-refractivity contribution < 1.29 is 24.3 Å². The van der Waals surface area contributed by atoms with Gasteiger partial charge in [-0.15, -0.1) is 0 Å². The van der Waals surface area contributed by atoms with E-state index >= 15 is 0 Å². The SMILES string of the molecule is CC(NC(=O)c1ccc2c(c1)NC(=O)C(Cc1ccccc1)N2C(=O)Nc1ccc(Cl)cc1)C(=O)O. The molecule has 184 valence electrons. The molecule has 2 atom stereocenters. The first-order chi connectivity index (χ1) is 17.2. The van der Waals surface area contributed by atoms with E-state index in [1.165, 1.54) is 24.0 Å². The summed E-state index contributed by atoms with van der Waals surface area (Å²) in [5.41, 5.74) is 2.15. The Kier molecular flexibility index (Phi) is 7.21. The van der Waals surface area contributed by atoms with Crippen molar-refractivity contribution >= 4 is 52.5 Å². The second kappa shape index (κ2) is 10.5. The molecule has 36 heavy (non-hydrogen) atoms. The van der Waals surface area contributed by atoms with Gasteiger partial charge in [-0.2, -0.15) is 0 Å². The number of carboxylic acid groups (broad SMARTS) is 1. The Labute approximate surface area is 212 Å². The van der Waals surface area contributed by atoms with Gasteiger partial charge in [0.2, 0.25) is 5.91 Å². The van der Waals surface area contributed by atoms with Crippen LogP contribution in [0.4, 0.5) is 21.9 Å². The summed E-state index contributed by atoms with van der Waals surface area (Å²) in [5, 5.41) is 17.5. The average molecular weight is 507 g/mol. The highest BCUT2D eigenvalue weighted by Gasteiger charge is 2.37. The average Bonchev–Trinajstić information content (AvgIpc) is 2.86. The molecular weight excluding hydrogens is 484 g/mol. The van der Waals surface area contributed by atoms with Crippen LogP contribution in [0.5, 0.6) is 0 Å². The topological polar surface area (TPSA) is 128 Å². The van der Waals surface area contributed by atoms with Crippen molar-refractivity contribution in [3.05, 3.63) is 88.9 Å². The zero-order valence-electron chi connectivity index (χ0n) is 19.2. The predicted octanol–water partition coefficient (Wildman–Crippen LogP) is 4.14. The van der Waals surface area contributed by atoms with Gasteiger partial charge in [-0.3, -0.25) is 19.3 Å². The van der Waals surface area contributed by atoms with Gasteiger partial charge in [0.15, 0.2) is 0 Å². The third kappa shape index (κ3) is 5.47. The summed E-state index contributed by atoms with van der Waals surface area (Å²) in [6.07, 6.45) is 0.262. The zero-order valence-corrected chi connectivity index (χ0v) is 20.0. The van der Waals surface area contributed by atoms with Gasteiger partial charge >= 0.3 is 12.0 Å². The van der Waals surface area contributed by atoms with Crippen molar-refractivity contribution in [3.8, 4) is 0 Å². The Morgan fingerprint density at radius 3 is 2.42 bits per heavy atom. The molecular formula is C26H23ClN4O5. The minimum absolute atomic E-state index is 0.140. The maximum Gasteiger partial charge on any atom is 0.327 e. The first-order valence-electron chi connectivity index (χ1n) is 11.1. The van der Waals surface area contributed by atoms with Crippen LogP contribution in [0.15, 0.2) is 72.8 Å². The van der Waals surface area contributed by atoms with E-state index in [0.717, 1.165) is 5.56 Å². The summed E-state index contributed by atoms with van der Waals surface area (Å²) in [7, 11) is 0. The number of nitrogens with zero attached hydrogens (tertiary/aromatic N) is 1. The summed E-state index contributed by atoms with van der Waals surface area (Å²) in [4.78, 5) is 51.6. The molecule has 0 radical (unpaired) electrons. The quantitative estimate of drug-likeness (QED) is 0.399. The molecule has 0 aliphatic carbocycles. The van der Waals surface area contributed by atoms with Gasteiger partial charge in [-0.1, -0.05) is 41.9 Å². The van der Waals surface area contributed by atoms with Gasteiger partial charge in [0.05, 0.1) is 11.4 Å². The monoisotopic (exact) mass is 506 g/mol. The number of hydrogen-bond acceptors (Lipinski definition) is 4. The number of carbonyl (C=O) groups is 4. The first kappa shape index (κ1) is 24.7. The van der Waals surface area contributed by atoms with Gasteiger partial charge in [-0.25, -0.2) is 4.79 Å². The van der Waals surface area contributed by atoms with E-state index in [1.807, 2.05) is 30.3 Å². The van der Waals surface area contributed by atoms with Crippen LogP contribution < -0.4 is 20.9 Å². The molecule has 3 aromatic carbocycles. The Hall–Kier alpha value is -4.37. The maximum absolute atomic E-state index is 13.5. The summed E-state index contributed by atoms with van der Waals surface area (Å²) in [6, 6.07) is 17.8. The summed E-state index contributed by atoms with van der Waals surface area (Å²) in [6.45, 7) is 1.34. The van der Waals surface area contributed by atoms with Crippen LogP contribution in [0.1, 0.15) is 22.8 Å². The molecule has 0 fully saturated rings. The molecule has 1 heterocycles. The normalized spacial score (nSPS) is 15.3. The fourth-order valence-corrected chi connectivity index (χ4v) is 3.95. The lowest BCUT2D eigenvalue weighted by molar-refractivity contribution is -0.138. The molecule has 1 aliphatic heterocycles. The van der Waals surface area contributed by atoms with Crippen LogP contribution in [-0.2, 0) is 16.0 Å². The van der Waals surface area contributed by atoms with Crippen molar-refractivity contribution in [3.63, 3.8) is 0 Å². The van der Waals surface area contributed by atoms with Crippen molar-refractivity contribution in [1.29, 1.82) is 0 Å². The number of benzene rings is 3. The number of nitrogens with one attached hydrogen (secondary N) is 3. The summed E-state index contributed by atoms with van der Waals surface area (Å²) >= 11 is 5.94. The molecule has 0 spiro atoms. The van der Waals surface area contributed by atoms with Crippen LogP contribution in [0.25, 0.3) is 0 Å². The molecule has 1 aliphatic rings. The zero-order chi connectivity index (χ0) is 25.8. The first-order valence-corrected chi connectivity index (χ1v) is 11.5.